The number of rotatable bonds is 8. The molecule has 0 bridgehead atoms. The summed E-state index contributed by atoms with van der Waals surface area (Å²) in [5.74, 6) is 0.00246. The molecule has 0 spiro atoms. The van der Waals surface area contributed by atoms with Crippen molar-refractivity contribution in [3.05, 3.63) is 75.7 Å². The average molecular weight is 410 g/mol. The fourth-order valence-electron chi connectivity index (χ4n) is 2.16. The summed E-state index contributed by atoms with van der Waals surface area (Å²) >= 11 is 0. The molecule has 144 valence electrons. The Morgan fingerprint density at radius 3 is 2.56 bits per heavy atom. The minimum Gasteiger partial charge on any atom is -0.872 e. The summed E-state index contributed by atoms with van der Waals surface area (Å²) in [4.78, 5) is 11.6. The van der Waals surface area contributed by atoms with E-state index in [1.165, 1.54) is 0 Å². The van der Waals surface area contributed by atoms with Crippen molar-refractivity contribution in [2.24, 2.45) is 4.99 Å². The molecule has 0 heterocycles. The predicted octanol–water partition coefficient (Wildman–Crippen LogP) is 4.52. The summed E-state index contributed by atoms with van der Waals surface area (Å²) in [5.41, 5.74) is 8.20. The van der Waals surface area contributed by atoms with Crippen LogP contribution in [0.1, 0.15) is 25.8 Å². The van der Waals surface area contributed by atoms with Gasteiger partial charge in [0.05, 0.1) is 0 Å². The van der Waals surface area contributed by atoms with Crippen LogP contribution in [0.3, 0.4) is 0 Å². The molecule has 0 saturated heterocycles. The maximum Gasteiger partial charge on any atom is 2.00 e. The Labute approximate surface area is 171 Å². The van der Waals surface area contributed by atoms with E-state index in [0.29, 0.717) is 18.7 Å². The van der Waals surface area contributed by atoms with Gasteiger partial charge in [-0.25, -0.2) is 0 Å². The summed E-state index contributed by atoms with van der Waals surface area (Å²) in [7, 11) is 0. The summed E-state index contributed by atoms with van der Waals surface area (Å²) in [5, 5.41) is 20.8. The maximum absolute atomic E-state index is 11.6. The van der Waals surface area contributed by atoms with Crippen LogP contribution in [-0.2, 0) is 16.8 Å². The van der Waals surface area contributed by atoms with Crippen LogP contribution in [0, 0.1) is 4.91 Å². The van der Waals surface area contributed by atoms with E-state index in [-0.39, 0.29) is 28.6 Å². The third-order valence-corrected chi connectivity index (χ3v) is 3.27. The molecule has 0 aliphatic heterocycles. The largest absolute Gasteiger partial charge is 2.00 e. The Morgan fingerprint density at radius 1 is 1.15 bits per heavy atom. The third-order valence-electron chi connectivity index (χ3n) is 3.27. The Hall–Kier alpha value is -2.51. The summed E-state index contributed by atoms with van der Waals surface area (Å²) in [6.45, 7) is 5.44. The molecule has 2 aromatic carbocycles. The Bertz CT molecular complexity index is 702. The topological polar surface area (TPSA) is 103 Å². The van der Waals surface area contributed by atoms with Crippen LogP contribution < -0.4 is 10.7 Å². The molecule has 0 unspecified atom stereocenters. The van der Waals surface area contributed by atoms with Gasteiger partial charge in [-0.05, 0) is 23.4 Å². The van der Waals surface area contributed by atoms with Gasteiger partial charge in [-0.3, -0.25) is 4.99 Å². The molecule has 0 atom stereocenters. The molecule has 0 amide bonds. The zero-order valence-electron chi connectivity index (χ0n) is 15.4. The zero-order valence-corrected chi connectivity index (χ0v) is 16.5. The van der Waals surface area contributed by atoms with Crippen molar-refractivity contribution in [3.8, 4) is 5.75 Å². The van der Waals surface area contributed by atoms with E-state index in [1.807, 2.05) is 36.4 Å². The van der Waals surface area contributed by atoms with E-state index < -0.39 is 0 Å². The number of aliphatic imine (C=N–C) groups is 1. The van der Waals surface area contributed by atoms with Gasteiger partial charge < -0.3 is 15.7 Å². The standard InChI is InChI=1S/C20H24N3O.Co.NO/c1-16(2)23-19-11-5-3-4-10-18(19)22-14-8-13-21-15-17-9-6-7-12-20(17)24;;1-2/h3-7,9-12,15-16H,8,13-14H2,1-2H3,(H,21,24);;/q-1;+2;/p-1. The Morgan fingerprint density at radius 2 is 1.85 bits per heavy atom. The molecule has 7 heteroatoms. The van der Waals surface area contributed by atoms with E-state index >= 15 is 0 Å². The van der Waals surface area contributed by atoms with Crippen molar-refractivity contribution in [1.82, 2.24) is 5.59 Å². The van der Waals surface area contributed by atoms with Crippen LogP contribution in [0.25, 0.3) is 10.6 Å². The number of hydrogen-bond acceptors (Lipinski definition) is 3. The molecule has 0 N–H and O–H groups in total. The van der Waals surface area contributed by atoms with Gasteiger partial charge in [-0.1, -0.05) is 38.1 Å². The first kappa shape index (κ1) is 24.5. The molecule has 27 heavy (non-hydrogen) atoms. The normalized spacial score (nSPS) is 9.89. The minimum atomic E-state index is 0. The molecule has 2 aromatic rings. The number of hydrogen-bond donors (Lipinski definition) is 0. The molecule has 2 rings (SSSR count). The van der Waals surface area contributed by atoms with Crippen LogP contribution in [0.5, 0.6) is 5.75 Å². The molecule has 0 aromatic heterocycles. The molecular weight excluding hydrogens is 387 g/mol. The second kappa shape index (κ2) is 14.6. The molecule has 0 aliphatic rings. The first-order valence-corrected chi connectivity index (χ1v) is 8.41. The predicted molar refractivity (Wildman–Crippen MR) is 105 cm³/mol. The van der Waals surface area contributed by atoms with E-state index in [9.17, 15) is 5.11 Å². The van der Waals surface area contributed by atoms with Crippen LogP contribution in [-0.4, -0.2) is 25.3 Å². The van der Waals surface area contributed by atoms with Crippen LogP contribution in [0.15, 0.2) is 59.6 Å². The van der Waals surface area contributed by atoms with Gasteiger partial charge in [0.25, 0.3) is 0 Å². The smallest absolute Gasteiger partial charge is 0.872 e. The molecule has 0 saturated carbocycles. The van der Waals surface area contributed by atoms with Crippen molar-refractivity contribution in [3.63, 3.8) is 0 Å². The van der Waals surface area contributed by atoms with Crippen LogP contribution >= 0.6 is 0 Å². The first-order valence-electron chi connectivity index (χ1n) is 8.41. The molecule has 0 aliphatic carbocycles. The van der Waals surface area contributed by atoms with Gasteiger partial charge in [0.2, 0.25) is 0 Å². The minimum absolute atomic E-state index is 0. The second-order valence-corrected chi connectivity index (χ2v) is 5.71. The zero-order chi connectivity index (χ0) is 19.2. The van der Waals surface area contributed by atoms with E-state index in [1.54, 1.807) is 24.4 Å². The fourth-order valence-corrected chi connectivity index (χ4v) is 2.16. The van der Waals surface area contributed by atoms with Gasteiger partial charge in [0.1, 0.15) is 5.59 Å². The maximum atomic E-state index is 11.6. The molecular formula is C20H23CoN4O2. The summed E-state index contributed by atoms with van der Waals surface area (Å²) in [6.07, 6.45) is 2.47. The average Bonchev–Trinajstić information content (AvgIpc) is 2.86. The first-order chi connectivity index (χ1) is 12.7. The van der Waals surface area contributed by atoms with Crippen LogP contribution in [0.4, 0.5) is 11.4 Å². The van der Waals surface area contributed by atoms with Crippen molar-refractivity contribution in [2.75, 3.05) is 13.1 Å². The van der Waals surface area contributed by atoms with E-state index in [2.05, 4.69) is 29.5 Å². The van der Waals surface area contributed by atoms with Crippen molar-refractivity contribution in [2.45, 2.75) is 26.3 Å². The number of nitrogens with zero attached hydrogens (tertiary/aromatic N) is 4. The summed E-state index contributed by atoms with van der Waals surface area (Å²) in [6, 6.07) is 17.0. The Kier molecular flexibility index (Phi) is 13.3. The van der Waals surface area contributed by atoms with Crippen molar-refractivity contribution >= 4 is 17.6 Å². The number of para-hydroxylation sites is 1. The quantitative estimate of drug-likeness (QED) is 0.363. The SMILES string of the molecule is CC(C)[N-][c+]1cccccc1[N-]CCCN=Cc1ccccc1[O-].[Co+2].[N]=O. The van der Waals surface area contributed by atoms with Crippen molar-refractivity contribution < 1.29 is 21.9 Å². The van der Waals surface area contributed by atoms with Gasteiger partial charge in [-0.15, -0.1) is 23.2 Å². The van der Waals surface area contributed by atoms with Crippen LogP contribution in [0.2, 0.25) is 0 Å². The Balaban J connectivity index is 0.00000218. The third kappa shape index (κ3) is 9.67. The monoisotopic (exact) mass is 410 g/mol. The van der Waals surface area contributed by atoms with Gasteiger partial charge >= 0.3 is 16.8 Å². The van der Waals surface area contributed by atoms with Gasteiger partial charge in [-0.2, -0.15) is 0 Å². The van der Waals surface area contributed by atoms with Gasteiger partial charge in [0, 0.05) is 43.1 Å². The number of nitroso groups, excluding NO2 is 1. The van der Waals surface area contributed by atoms with E-state index in [0.717, 1.165) is 17.8 Å². The molecule has 6 nitrogen and oxygen atoms in total. The summed E-state index contributed by atoms with van der Waals surface area (Å²) < 4.78 is 0. The number of benzene rings is 1. The van der Waals surface area contributed by atoms with Crippen molar-refractivity contribution in [1.29, 1.82) is 0 Å². The molecule has 2 radical (unpaired) electrons. The second-order valence-electron chi connectivity index (χ2n) is 5.71. The molecule has 0 fully saturated rings. The van der Waals surface area contributed by atoms with Gasteiger partial charge in [0.15, 0.2) is 0 Å². The fraction of sp³-hybridized carbons (Fsp3) is 0.300. The van der Waals surface area contributed by atoms with E-state index in [4.69, 9.17) is 10.5 Å².